The maximum atomic E-state index is 2.63. The minimum absolute atomic E-state index is 0.203. The standard InChI is InChI=1S/C25H28.C2H6/c1-23(2)20-9-11-25(12-13-25)10-8-17(20)18-14-16-6-4-5-7-21-19(22(18)23)15-24(16,21)3;1-2/h4-9,14,19,21H,10-13,15H2,1-3H3;1-2H3. The fraction of sp³-hybridized carbons (Fsp3) is 0.556. The van der Waals surface area contributed by atoms with E-state index in [1.807, 2.05) is 13.8 Å². The topological polar surface area (TPSA) is 0 Å². The van der Waals surface area contributed by atoms with Gasteiger partial charge in [-0.15, -0.1) is 0 Å². The molecule has 0 aromatic carbocycles. The van der Waals surface area contributed by atoms with E-state index in [1.54, 1.807) is 27.9 Å². The van der Waals surface area contributed by atoms with E-state index < -0.39 is 0 Å². The number of allylic oxidation sites excluding steroid dienone is 12. The van der Waals surface area contributed by atoms with Crippen LogP contribution < -0.4 is 0 Å². The van der Waals surface area contributed by atoms with E-state index in [0.29, 0.717) is 16.7 Å². The van der Waals surface area contributed by atoms with Crippen LogP contribution in [0.25, 0.3) is 0 Å². The van der Waals surface area contributed by atoms with E-state index in [9.17, 15) is 0 Å². The predicted octanol–water partition coefficient (Wildman–Crippen LogP) is 7.48. The molecule has 3 unspecified atom stereocenters. The van der Waals surface area contributed by atoms with Crippen molar-refractivity contribution in [3.8, 4) is 0 Å². The average molecular weight is 359 g/mol. The Morgan fingerprint density at radius 2 is 1.70 bits per heavy atom. The number of hydrogen-bond acceptors (Lipinski definition) is 0. The summed E-state index contributed by atoms with van der Waals surface area (Å²) < 4.78 is 0. The highest BCUT2D eigenvalue weighted by Gasteiger charge is 2.59. The summed E-state index contributed by atoms with van der Waals surface area (Å²) in [5.74, 6) is 1.40. The molecule has 0 aromatic heterocycles. The van der Waals surface area contributed by atoms with Gasteiger partial charge in [0.2, 0.25) is 0 Å². The van der Waals surface area contributed by atoms with Crippen molar-refractivity contribution in [2.45, 2.75) is 66.7 Å². The Morgan fingerprint density at radius 3 is 2.44 bits per heavy atom. The zero-order valence-corrected chi connectivity index (χ0v) is 17.7. The highest BCUT2D eigenvalue weighted by Crippen LogP contribution is 2.69. The molecule has 0 saturated heterocycles. The summed E-state index contributed by atoms with van der Waals surface area (Å²) in [7, 11) is 0. The van der Waals surface area contributed by atoms with E-state index in [2.05, 4.69) is 63.3 Å². The van der Waals surface area contributed by atoms with Crippen LogP contribution in [0.4, 0.5) is 0 Å². The highest BCUT2D eigenvalue weighted by atomic mass is 14.6. The van der Waals surface area contributed by atoms with Gasteiger partial charge in [-0.25, -0.2) is 0 Å². The summed E-state index contributed by atoms with van der Waals surface area (Å²) in [5, 5.41) is 0. The maximum absolute atomic E-state index is 2.63. The van der Waals surface area contributed by atoms with Crippen LogP contribution in [0.5, 0.6) is 0 Å². The molecule has 0 heterocycles. The van der Waals surface area contributed by atoms with Crippen LogP contribution in [0.3, 0.4) is 0 Å². The van der Waals surface area contributed by atoms with Crippen LogP contribution in [0.15, 0.2) is 70.4 Å². The molecule has 142 valence electrons. The van der Waals surface area contributed by atoms with Gasteiger partial charge in [-0.2, -0.15) is 0 Å². The minimum atomic E-state index is 0.203. The van der Waals surface area contributed by atoms with E-state index in [1.165, 1.54) is 32.1 Å². The lowest BCUT2D eigenvalue weighted by Gasteiger charge is -2.54. The Hall–Kier alpha value is -1.56. The van der Waals surface area contributed by atoms with E-state index in [4.69, 9.17) is 0 Å². The zero-order chi connectivity index (χ0) is 19.0. The van der Waals surface area contributed by atoms with Gasteiger partial charge in [0.25, 0.3) is 0 Å². The third kappa shape index (κ3) is 2.16. The summed E-state index contributed by atoms with van der Waals surface area (Å²) >= 11 is 0. The molecule has 0 aromatic rings. The Balaban J connectivity index is 0.000000777. The molecule has 1 spiro atoms. The van der Waals surface area contributed by atoms with Gasteiger partial charge in [-0.05, 0) is 82.6 Å². The van der Waals surface area contributed by atoms with Crippen molar-refractivity contribution in [2.24, 2.45) is 28.1 Å². The maximum Gasteiger partial charge on any atom is 0.0120 e. The van der Waals surface area contributed by atoms with Crippen LogP contribution in [-0.2, 0) is 0 Å². The summed E-state index contributed by atoms with van der Waals surface area (Å²) in [6.45, 7) is 11.5. The average Bonchev–Trinajstić information content (AvgIpc) is 3.44. The smallest absolute Gasteiger partial charge is 0.0120 e. The molecule has 27 heavy (non-hydrogen) atoms. The van der Waals surface area contributed by atoms with Crippen LogP contribution in [-0.4, -0.2) is 0 Å². The molecule has 0 N–H and O–H groups in total. The second-order valence-electron chi connectivity index (χ2n) is 10.2. The number of hydrogen-bond donors (Lipinski definition) is 0. The third-order valence-corrected chi connectivity index (χ3v) is 8.50. The molecular formula is C27H34. The van der Waals surface area contributed by atoms with E-state index >= 15 is 0 Å². The Morgan fingerprint density at radius 1 is 0.963 bits per heavy atom. The fourth-order valence-electron chi connectivity index (χ4n) is 6.66. The molecular weight excluding hydrogens is 324 g/mol. The number of rotatable bonds is 0. The largest absolute Gasteiger partial charge is 0.0799 e. The van der Waals surface area contributed by atoms with Crippen LogP contribution >= 0.6 is 0 Å². The molecule has 7 rings (SSSR count). The lowest BCUT2D eigenvalue weighted by Crippen LogP contribution is -2.47. The van der Waals surface area contributed by atoms with Crippen molar-refractivity contribution in [2.75, 3.05) is 0 Å². The quantitative estimate of drug-likeness (QED) is 0.421. The van der Waals surface area contributed by atoms with E-state index in [-0.39, 0.29) is 5.41 Å². The molecule has 0 nitrogen and oxygen atoms in total. The van der Waals surface area contributed by atoms with Crippen LogP contribution in [0, 0.1) is 28.1 Å². The fourth-order valence-corrected chi connectivity index (χ4v) is 6.66. The minimum Gasteiger partial charge on any atom is -0.0799 e. The van der Waals surface area contributed by atoms with Gasteiger partial charge in [0.05, 0.1) is 0 Å². The van der Waals surface area contributed by atoms with Gasteiger partial charge in [0.15, 0.2) is 0 Å². The monoisotopic (exact) mass is 358 g/mol. The molecule has 4 bridgehead atoms. The van der Waals surface area contributed by atoms with Crippen LogP contribution in [0.2, 0.25) is 0 Å². The molecule has 0 aliphatic heterocycles. The summed E-state index contributed by atoms with van der Waals surface area (Å²) in [4.78, 5) is 0. The first kappa shape index (κ1) is 17.5. The van der Waals surface area contributed by atoms with Crippen molar-refractivity contribution in [1.82, 2.24) is 0 Å². The normalized spacial score (nSPS) is 38.0. The van der Waals surface area contributed by atoms with Gasteiger partial charge in [0, 0.05) is 5.41 Å². The Bertz CT molecular complexity index is 875. The Kier molecular flexibility index (Phi) is 3.57. The molecule has 7 aliphatic carbocycles. The lowest BCUT2D eigenvalue weighted by atomic mass is 9.49. The zero-order valence-electron chi connectivity index (χ0n) is 17.7. The molecule has 3 atom stereocenters. The van der Waals surface area contributed by atoms with Gasteiger partial charge in [-0.1, -0.05) is 77.2 Å². The SMILES string of the molecule is CC.CC1(C)C2=CCC3(CC=C2C2=C1C1CC4(C)C(=C2)C=CC=CC14)CC3. The van der Waals surface area contributed by atoms with Crippen LogP contribution in [0.1, 0.15) is 66.7 Å². The molecule has 0 amide bonds. The lowest BCUT2D eigenvalue weighted by molar-refractivity contribution is 0.0646. The summed E-state index contributed by atoms with van der Waals surface area (Å²) in [5.41, 5.74) is 9.31. The van der Waals surface area contributed by atoms with Gasteiger partial charge in [-0.3, -0.25) is 0 Å². The first-order valence-corrected chi connectivity index (χ1v) is 11.2. The van der Waals surface area contributed by atoms with Crippen molar-refractivity contribution in [1.29, 1.82) is 0 Å². The first-order chi connectivity index (χ1) is 12.9. The van der Waals surface area contributed by atoms with Gasteiger partial charge >= 0.3 is 0 Å². The van der Waals surface area contributed by atoms with Crippen molar-refractivity contribution >= 4 is 0 Å². The summed E-state index contributed by atoms with van der Waals surface area (Å²) in [6, 6.07) is 0. The number of fused-ring (bicyclic) bond motifs is 1. The highest BCUT2D eigenvalue weighted by molar-refractivity contribution is 5.70. The predicted molar refractivity (Wildman–Crippen MR) is 115 cm³/mol. The van der Waals surface area contributed by atoms with Crippen molar-refractivity contribution in [3.63, 3.8) is 0 Å². The van der Waals surface area contributed by atoms with Gasteiger partial charge < -0.3 is 0 Å². The molecule has 2 fully saturated rings. The second kappa shape index (κ2) is 5.49. The van der Waals surface area contributed by atoms with Crippen molar-refractivity contribution in [3.05, 3.63) is 70.4 Å². The summed E-state index contributed by atoms with van der Waals surface area (Å²) in [6.07, 6.45) is 24.0. The third-order valence-electron chi connectivity index (χ3n) is 8.50. The molecule has 0 radical (unpaired) electrons. The molecule has 2 saturated carbocycles. The van der Waals surface area contributed by atoms with Crippen molar-refractivity contribution < 1.29 is 0 Å². The second-order valence-corrected chi connectivity index (χ2v) is 10.2. The van der Waals surface area contributed by atoms with Gasteiger partial charge in [0.1, 0.15) is 0 Å². The van der Waals surface area contributed by atoms with E-state index in [0.717, 1.165) is 5.92 Å². The Labute approximate surface area is 165 Å². The first-order valence-electron chi connectivity index (χ1n) is 11.2. The molecule has 7 aliphatic rings. The molecule has 0 heteroatoms.